The van der Waals surface area contributed by atoms with Crippen LogP contribution in [-0.2, 0) is 6.54 Å². The Morgan fingerprint density at radius 3 is 2.75 bits per heavy atom. The summed E-state index contributed by atoms with van der Waals surface area (Å²) < 4.78 is 16.6. The fourth-order valence-electron chi connectivity index (χ4n) is 4.57. The first kappa shape index (κ1) is 19.2. The standard InChI is InChI=1S/C24H25N5O3/c1-2-30-17-4-5-19-18(12-17)22-23(27-19)24(26-14-25-22)29-9-7-28(8-10-29)13-16-3-6-20-21(11-16)32-15-31-20/h3-6,11-12,14,27H,2,7-10,13,15H2,1H3. The quantitative estimate of drug-likeness (QED) is 0.518. The number of nitrogens with one attached hydrogen (secondary N) is 1. The van der Waals surface area contributed by atoms with Gasteiger partial charge in [0.05, 0.1) is 6.61 Å². The van der Waals surface area contributed by atoms with Crippen LogP contribution in [0.2, 0.25) is 0 Å². The molecule has 0 atom stereocenters. The van der Waals surface area contributed by atoms with Crippen LogP contribution in [-0.4, -0.2) is 59.4 Å². The predicted octanol–water partition coefficient (Wildman–Crippen LogP) is 3.56. The molecular weight excluding hydrogens is 406 g/mol. The van der Waals surface area contributed by atoms with Crippen molar-refractivity contribution >= 4 is 27.8 Å². The lowest BCUT2D eigenvalue weighted by Gasteiger charge is -2.35. The number of rotatable bonds is 5. The molecule has 164 valence electrons. The highest BCUT2D eigenvalue weighted by Crippen LogP contribution is 2.34. The minimum absolute atomic E-state index is 0.311. The molecule has 1 saturated heterocycles. The monoisotopic (exact) mass is 431 g/mol. The van der Waals surface area contributed by atoms with Crippen molar-refractivity contribution in [2.75, 3.05) is 44.5 Å². The Hall–Kier alpha value is -3.52. The Balaban J connectivity index is 1.20. The molecule has 4 heterocycles. The molecule has 0 spiro atoms. The number of anilines is 1. The highest BCUT2D eigenvalue weighted by molar-refractivity contribution is 6.08. The second-order valence-corrected chi connectivity index (χ2v) is 8.14. The smallest absolute Gasteiger partial charge is 0.231 e. The molecule has 4 aromatic rings. The molecule has 6 rings (SSSR count). The van der Waals surface area contributed by atoms with E-state index in [0.29, 0.717) is 13.4 Å². The van der Waals surface area contributed by atoms with Gasteiger partial charge in [-0.15, -0.1) is 0 Å². The number of aromatic nitrogens is 3. The summed E-state index contributed by atoms with van der Waals surface area (Å²) in [6.45, 7) is 7.61. The van der Waals surface area contributed by atoms with Gasteiger partial charge in [-0.1, -0.05) is 6.07 Å². The van der Waals surface area contributed by atoms with Crippen LogP contribution in [0.15, 0.2) is 42.7 Å². The highest BCUT2D eigenvalue weighted by Gasteiger charge is 2.22. The zero-order chi connectivity index (χ0) is 21.5. The van der Waals surface area contributed by atoms with Crippen molar-refractivity contribution < 1.29 is 14.2 Å². The van der Waals surface area contributed by atoms with Gasteiger partial charge in [0.1, 0.15) is 23.1 Å². The molecular formula is C24H25N5O3. The fraction of sp³-hybridized carbons (Fsp3) is 0.333. The molecule has 32 heavy (non-hydrogen) atoms. The summed E-state index contributed by atoms with van der Waals surface area (Å²) in [5.74, 6) is 3.50. The van der Waals surface area contributed by atoms with E-state index < -0.39 is 0 Å². The van der Waals surface area contributed by atoms with Crippen LogP contribution in [0.1, 0.15) is 12.5 Å². The predicted molar refractivity (Wildman–Crippen MR) is 123 cm³/mol. The van der Waals surface area contributed by atoms with Crippen molar-refractivity contribution in [3.05, 3.63) is 48.3 Å². The maximum Gasteiger partial charge on any atom is 0.231 e. The number of fused-ring (bicyclic) bond motifs is 4. The van der Waals surface area contributed by atoms with Gasteiger partial charge in [0.25, 0.3) is 0 Å². The first-order valence-corrected chi connectivity index (χ1v) is 11.0. The Morgan fingerprint density at radius 1 is 1.00 bits per heavy atom. The Bertz CT molecular complexity index is 1280. The molecule has 8 nitrogen and oxygen atoms in total. The van der Waals surface area contributed by atoms with E-state index in [1.54, 1.807) is 6.33 Å². The molecule has 8 heteroatoms. The third kappa shape index (κ3) is 3.36. The Labute approximate surface area is 185 Å². The first-order chi connectivity index (χ1) is 15.8. The second kappa shape index (κ2) is 7.87. The van der Waals surface area contributed by atoms with Gasteiger partial charge in [-0.3, -0.25) is 4.90 Å². The number of benzene rings is 2. The molecule has 0 amide bonds. The Morgan fingerprint density at radius 2 is 1.88 bits per heavy atom. The maximum atomic E-state index is 5.68. The van der Waals surface area contributed by atoms with Gasteiger partial charge in [0.2, 0.25) is 6.79 Å². The molecule has 2 aromatic heterocycles. The largest absolute Gasteiger partial charge is 0.494 e. The summed E-state index contributed by atoms with van der Waals surface area (Å²) in [5, 5.41) is 1.07. The zero-order valence-corrected chi connectivity index (χ0v) is 18.0. The van der Waals surface area contributed by atoms with Crippen LogP contribution >= 0.6 is 0 Å². The first-order valence-electron chi connectivity index (χ1n) is 11.0. The lowest BCUT2D eigenvalue weighted by Crippen LogP contribution is -2.46. The van der Waals surface area contributed by atoms with Gasteiger partial charge < -0.3 is 24.1 Å². The van der Waals surface area contributed by atoms with E-state index in [-0.39, 0.29) is 0 Å². The number of ether oxygens (including phenoxy) is 3. The number of aromatic amines is 1. The minimum atomic E-state index is 0.311. The molecule has 0 radical (unpaired) electrons. The van der Waals surface area contributed by atoms with E-state index in [2.05, 4.69) is 49.0 Å². The highest BCUT2D eigenvalue weighted by atomic mass is 16.7. The molecule has 2 aromatic carbocycles. The summed E-state index contributed by atoms with van der Waals surface area (Å²) in [6.07, 6.45) is 1.66. The maximum absolute atomic E-state index is 5.68. The molecule has 1 fully saturated rings. The molecule has 1 N–H and O–H groups in total. The van der Waals surface area contributed by atoms with Crippen molar-refractivity contribution in [1.82, 2.24) is 19.9 Å². The molecule has 0 aliphatic carbocycles. The van der Waals surface area contributed by atoms with Crippen molar-refractivity contribution in [2.24, 2.45) is 0 Å². The molecule has 2 aliphatic heterocycles. The van der Waals surface area contributed by atoms with Crippen LogP contribution in [0.25, 0.3) is 21.9 Å². The van der Waals surface area contributed by atoms with E-state index >= 15 is 0 Å². The van der Waals surface area contributed by atoms with E-state index in [0.717, 1.165) is 77.7 Å². The van der Waals surface area contributed by atoms with Gasteiger partial charge in [-0.25, -0.2) is 9.97 Å². The third-order valence-corrected chi connectivity index (χ3v) is 6.16. The third-order valence-electron chi connectivity index (χ3n) is 6.16. The van der Waals surface area contributed by atoms with Gasteiger partial charge in [0.15, 0.2) is 17.3 Å². The topological polar surface area (TPSA) is 75.7 Å². The van der Waals surface area contributed by atoms with Crippen molar-refractivity contribution in [2.45, 2.75) is 13.5 Å². The number of nitrogens with zero attached hydrogens (tertiary/aromatic N) is 4. The zero-order valence-electron chi connectivity index (χ0n) is 18.0. The SMILES string of the molecule is CCOc1ccc2[nH]c3c(N4CCN(Cc5ccc6c(c5)OCO6)CC4)ncnc3c2c1. The fourth-order valence-corrected chi connectivity index (χ4v) is 4.57. The summed E-state index contributed by atoms with van der Waals surface area (Å²) in [4.78, 5) is 17.5. The van der Waals surface area contributed by atoms with E-state index in [9.17, 15) is 0 Å². The minimum Gasteiger partial charge on any atom is -0.494 e. The van der Waals surface area contributed by atoms with E-state index in [4.69, 9.17) is 14.2 Å². The van der Waals surface area contributed by atoms with Crippen molar-refractivity contribution in [1.29, 1.82) is 0 Å². The van der Waals surface area contributed by atoms with Crippen LogP contribution in [0, 0.1) is 0 Å². The summed E-state index contributed by atoms with van der Waals surface area (Å²) in [5.41, 5.74) is 4.22. The van der Waals surface area contributed by atoms with Crippen LogP contribution < -0.4 is 19.1 Å². The van der Waals surface area contributed by atoms with Gasteiger partial charge in [-0.2, -0.15) is 0 Å². The average molecular weight is 431 g/mol. The van der Waals surface area contributed by atoms with Gasteiger partial charge >= 0.3 is 0 Å². The van der Waals surface area contributed by atoms with Crippen LogP contribution in [0.5, 0.6) is 17.2 Å². The normalized spacial score (nSPS) is 16.2. The summed E-state index contributed by atoms with van der Waals surface area (Å²) in [7, 11) is 0. The van der Waals surface area contributed by atoms with Crippen LogP contribution in [0.4, 0.5) is 5.82 Å². The number of piperazine rings is 1. The number of hydrogen-bond donors (Lipinski definition) is 1. The van der Waals surface area contributed by atoms with Crippen molar-refractivity contribution in [3.63, 3.8) is 0 Å². The number of H-pyrrole nitrogens is 1. The van der Waals surface area contributed by atoms with Gasteiger partial charge in [-0.05, 0) is 42.8 Å². The molecule has 2 aliphatic rings. The van der Waals surface area contributed by atoms with E-state index in [1.165, 1.54) is 5.56 Å². The van der Waals surface area contributed by atoms with Gasteiger partial charge in [0, 0.05) is 43.6 Å². The number of hydrogen-bond acceptors (Lipinski definition) is 7. The van der Waals surface area contributed by atoms with E-state index in [1.807, 2.05) is 19.1 Å². The molecule has 0 bridgehead atoms. The average Bonchev–Trinajstić information content (AvgIpc) is 3.44. The lowest BCUT2D eigenvalue weighted by molar-refractivity contribution is 0.174. The summed E-state index contributed by atoms with van der Waals surface area (Å²) >= 11 is 0. The summed E-state index contributed by atoms with van der Waals surface area (Å²) in [6, 6.07) is 12.3. The van der Waals surface area contributed by atoms with Crippen molar-refractivity contribution in [3.8, 4) is 17.2 Å². The Kier molecular flexibility index (Phi) is 4.72. The lowest BCUT2D eigenvalue weighted by atomic mass is 10.1. The molecule has 0 unspecified atom stereocenters. The second-order valence-electron chi connectivity index (χ2n) is 8.14. The van der Waals surface area contributed by atoms with Crippen LogP contribution in [0.3, 0.4) is 0 Å². The molecule has 0 saturated carbocycles.